The third-order valence-electron chi connectivity index (χ3n) is 4.15. The number of rotatable bonds is 6. The van der Waals surface area contributed by atoms with E-state index in [0.29, 0.717) is 30.8 Å². The first-order chi connectivity index (χ1) is 12.1. The molecule has 1 aliphatic rings. The molecular weight excluding hydrogens is 318 g/mol. The molecule has 2 heterocycles. The van der Waals surface area contributed by atoms with Crippen LogP contribution in [0.3, 0.4) is 0 Å². The average Bonchev–Trinajstić information content (AvgIpc) is 3.06. The molecule has 1 N–H and O–H groups in total. The first kappa shape index (κ1) is 17.0. The summed E-state index contributed by atoms with van der Waals surface area (Å²) in [5.41, 5.74) is 1.47. The van der Waals surface area contributed by atoms with Crippen LogP contribution in [0.1, 0.15) is 24.6 Å². The van der Waals surface area contributed by atoms with E-state index < -0.39 is 5.60 Å². The van der Waals surface area contributed by atoms with Crippen LogP contribution in [0.4, 0.5) is 0 Å². The third-order valence-corrected chi connectivity index (χ3v) is 4.15. The third kappa shape index (κ3) is 3.79. The van der Waals surface area contributed by atoms with Crippen LogP contribution < -0.4 is 10.1 Å². The second kappa shape index (κ2) is 7.34. The van der Waals surface area contributed by atoms with Crippen LogP contribution >= 0.6 is 0 Å². The molecule has 25 heavy (non-hydrogen) atoms. The first-order valence-electron chi connectivity index (χ1n) is 8.19. The van der Waals surface area contributed by atoms with Gasteiger partial charge in [0.1, 0.15) is 5.75 Å². The fourth-order valence-electron chi connectivity index (χ4n) is 2.73. The molecule has 3 rings (SSSR count). The number of nitrogens with zero attached hydrogens (tertiary/aromatic N) is 2. The Kier molecular flexibility index (Phi) is 4.97. The minimum absolute atomic E-state index is 0.183. The molecule has 0 fully saturated rings. The molecule has 0 bridgehead atoms. The van der Waals surface area contributed by atoms with E-state index in [-0.39, 0.29) is 5.91 Å². The summed E-state index contributed by atoms with van der Waals surface area (Å²) in [4.78, 5) is 22.2. The van der Waals surface area contributed by atoms with Crippen LogP contribution in [-0.4, -0.2) is 35.9 Å². The topological polar surface area (TPSA) is 72.8 Å². The second-order valence-corrected chi connectivity index (χ2v) is 6.06. The van der Waals surface area contributed by atoms with Crippen LogP contribution in [0.2, 0.25) is 0 Å². The minimum atomic E-state index is -1.01. The number of nitrogens with one attached hydrogen (secondary N) is 1. The highest BCUT2D eigenvalue weighted by Gasteiger charge is 2.42. The van der Waals surface area contributed by atoms with E-state index in [0.717, 1.165) is 11.3 Å². The van der Waals surface area contributed by atoms with E-state index in [9.17, 15) is 4.79 Å². The summed E-state index contributed by atoms with van der Waals surface area (Å²) in [6, 6.07) is 13.3. The SMILES string of the molecule is COc1ccccc1C1=NO[C@](C)(C(=O)NCCc2ccccn2)C1. The van der Waals surface area contributed by atoms with Crippen molar-refractivity contribution in [1.29, 1.82) is 0 Å². The summed E-state index contributed by atoms with van der Waals surface area (Å²) in [6.45, 7) is 2.24. The van der Waals surface area contributed by atoms with Gasteiger partial charge in [0.05, 0.1) is 12.8 Å². The van der Waals surface area contributed by atoms with Crippen molar-refractivity contribution in [2.75, 3.05) is 13.7 Å². The number of para-hydroxylation sites is 1. The fourth-order valence-corrected chi connectivity index (χ4v) is 2.73. The molecule has 1 aliphatic heterocycles. The monoisotopic (exact) mass is 339 g/mol. The largest absolute Gasteiger partial charge is 0.496 e. The Hall–Kier alpha value is -2.89. The molecule has 1 aromatic heterocycles. The molecule has 0 aliphatic carbocycles. The normalized spacial score (nSPS) is 19.0. The van der Waals surface area contributed by atoms with E-state index in [2.05, 4.69) is 15.5 Å². The highest BCUT2D eigenvalue weighted by molar-refractivity contribution is 6.07. The predicted molar refractivity (Wildman–Crippen MR) is 94.6 cm³/mol. The Balaban J connectivity index is 1.59. The van der Waals surface area contributed by atoms with Crippen molar-refractivity contribution in [3.8, 4) is 5.75 Å². The van der Waals surface area contributed by atoms with Gasteiger partial charge in [-0.2, -0.15) is 0 Å². The number of pyridine rings is 1. The lowest BCUT2D eigenvalue weighted by molar-refractivity contribution is -0.141. The summed E-state index contributed by atoms with van der Waals surface area (Å²) >= 11 is 0. The predicted octanol–water partition coefficient (Wildman–Crippen LogP) is 2.33. The van der Waals surface area contributed by atoms with Gasteiger partial charge in [0.15, 0.2) is 0 Å². The maximum Gasteiger partial charge on any atom is 0.267 e. The van der Waals surface area contributed by atoms with Crippen molar-refractivity contribution in [3.63, 3.8) is 0 Å². The van der Waals surface area contributed by atoms with E-state index in [1.165, 1.54) is 0 Å². The molecule has 2 aromatic rings. The van der Waals surface area contributed by atoms with Crippen molar-refractivity contribution in [3.05, 3.63) is 59.9 Å². The lowest BCUT2D eigenvalue weighted by atomic mass is 9.94. The van der Waals surface area contributed by atoms with Crippen molar-refractivity contribution < 1.29 is 14.4 Å². The zero-order valence-corrected chi connectivity index (χ0v) is 14.4. The molecule has 1 aromatic carbocycles. The maximum absolute atomic E-state index is 12.5. The molecular formula is C19H21N3O3. The van der Waals surface area contributed by atoms with Gasteiger partial charge in [-0.1, -0.05) is 23.4 Å². The van der Waals surface area contributed by atoms with Gasteiger partial charge in [-0.25, -0.2) is 0 Å². The number of aromatic nitrogens is 1. The number of hydrogen-bond donors (Lipinski definition) is 1. The number of oxime groups is 1. The Morgan fingerprint density at radius 1 is 1.28 bits per heavy atom. The molecule has 0 saturated heterocycles. The van der Waals surface area contributed by atoms with Crippen LogP contribution in [0.5, 0.6) is 5.75 Å². The Labute approximate surface area is 146 Å². The number of carbonyl (C=O) groups is 1. The summed E-state index contributed by atoms with van der Waals surface area (Å²) < 4.78 is 5.36. The van der Waals surface area contributed by atoms with Crippen molar-refractivity contribution in [2.45, 2.75) is 25.4 Å². The van der Waals surface area contributed by atoms with Crippen LogP contribution in [0.15, 0.2) is 53.8 Å². The number of methoxy groups -OCH3 is 1. The van der Waals surface area contributed by atoms with Gasteiger partial charge >= 0.3 is 0 Å². The Bertz CT molecular complexity index is 776. The quantitative estimate of drug-likeness (QED) is 0.877. The molecule has 0 unspecified atom stereocenters. The average molecular weight is 339 g/mol. The van der Waals surface area contributed by atoms with Gasteiger partial charge in [-0.15, -0.1) is 0 Å². The zero-order chi connectivity index (χ0) is 17.7. The van der Waals surface area contributed by atoms with Crippen molar-refractivity contribution in [1.82, 2.24) is 10.3 Å². The van der Waals surface area contributed by atoms with Crippen molar-refractivity contribution >= 4 is 11.6 Å². The summed E-state index contributed by atoms with van der Waals surface area (Å²) in [5.74, 6) is 0.529. The molecule has 6 nitrogen and oxygen atoms in total. The summed E-state index contributed by atoms with van der Waals surface area (Å²) in [6.07, 6.45) is 2.80. The lowest BCUT2D eigenvalue weighted by Gasteiger charge is -2.20. The van der Waals surface area contributed by atoms with E-state index in [1.54, 1.807) is 20.2 Å². The molecule has 6 heteroatoms. The maximum atomic E-state index is 12.5. The number of hydrogen-bond acceptors (Lipinski definition) is 5. The molecule has 1 amide bonds. The van der Waals surface area contributed by atoms with Gasteiger partial charge in [0, 0.05) is 36.8 Å². The summed E-state index contributed by atoms with van der Waals surface area (Å²) in [7, 11) is 1.61. The van der Waals surface area contributed by atoms with Gasteiger partial charge < -0.3 is 14.9 Å². The van der Waals surface area contributed by atoms with Gasteiger partial charge in [0.2, 0.25) is 5.60 Å². The number of benzene rings is 1. The van der Waals surface area contributed by atoms with E-state index in [4.69, 9.17) is 9.57 Å². The zero-order valence-electron chi connectivity index (χ0n) is 14.4. The summed E-state index contributed by atoms with van der Waals surface area (Å²) in [5, 5.41) is 7.02. The number of ether oxygens (including phenoxy) is 1. The van der Waals surface area contributed by atoms with E-state index in [1.807, 2.05) is 42.5 Å². The van der Waals surface area contributed by atoms with Crippen molar-refractivity contribution in [2.24, 2.45) is 5.16 Å². The number of amides is 1. The molecule has 0 saturated carbocycles. The van der Waals surface area contributed by atoms with E-state index >= 15 is 0 Å². The van der Waals surface area contributed by atoms with Crippen LogP contribution in [-0.2, 0) is 16.1 Å². The molecule has 0 radical (unpaired) electrons. The molecule has 1 atom stereocenters. The first-order valence-corrected chi connectivity index (χ1v) is 8.19. The Morgan fingerprint density at radius 2 is 2.08 bits per heavy atom. The minimum Gasteiger partial charge on any atom is -0.496 e. The highest BCUT2D eigenvalue weighted by atomic mass is 16.7. The Morgan fingerprint density at radius 3 is 2.84 bits per heavy atom. The second-order valence-electron chi connectivity index (χ2n) is 6.06. The standard InChI is InChI=1S/C19H21N3O3/c1-19(18(23)21-12-10-14-7-5-6-11-20-14)13-16(22-25-19)15-8-3-4-9-17(15)24-2/h3-9,11H,10,12-13H2,1-2H3,(H,21,23)/t19-/m0/s1. The lowest BCUT2D eigenvalue weighted by Crippen LogP contribution is -2.45. The smallest absolute Gasteiger partial charge is 0.267 e. The van der Waals surface area contributed by atoms with Gasteiger partial charge in [0.25, 0.3) is 5.91 Å². The number of carbonyl (C=O) groups excluding carboxylic acids is 1. The van der Waals surface area contributed by atoms with Crippen LogP contribution in [0.25, 0.3) is 0 Å². The van der Waals surface area contributed by atoms with Gasteiger partial charge in [-0.05, 0) is 31.2 Å². The van der Waals surface area contributed by atoms with Gasteiger partial charge in [-0.3, -0.25) is 9.78 Å². The highest BCUT2D eigenvalue weighted by Crippen LogP contribution is 2.30. The fraction of sp³-hybridized carbons (Fsp3) is 0.316. The molecule has 0 spiro atoms. The van der Waals surface area contributed by atoms with Crippen LogP contribution in [0, 0.1) is 0 Å². The molecule has 130 valence electrons.